The highest BCUT2D eigenvalue weighted by atomic mass is 32.1. The zero-order valence-electron chi connectivity index (χ0n) is 11.0. The van der Waals surface area contributed by atoms with Crippen LogP contribution in [0.4, 0.5) is 0 Å². The third kappa shape index (κ3) is 3.67. The van der Waals surface area contributed by atoms with E-state index in [4.69, 9.17) is 4.42 Å². The summed E-state index contributed by atoms with van der Waals surface area (Å²) in [4.78, 5) is 27.4. The summed E-state index contributed by atoms with van der Waals surface area (Å²) in [7, 11) is 0. The molecule has 0 saturated heterocycles. The van der Waals surface area contributed by atoms with Gasteiger partial charge in [0.1, 0.15) is 5.69 Å². The molecule has 0 aliphatic carbocycles. The second-order valence-corrected chi connectivity index (χ2v) is 4.91. The summed E-state index contributed by atoms with van der Waals surface area (Å²) in [5.41, 5.74) is 0.282. The molecule has 20 heavy (non-hydrogen) atoms. The van der Waals surface area contributed by atoms with Crippen LogP contribution in [0, 0.1) is 0 Å². The highest BCUT2D eigenvalue weighted by molar-refractivity contribution is 7.13. The van der Waals surface area contributed by atoms with E-state index in [1.807, 2.05) is 6.92 Å². The highest BCUT2D eigenvalue weighted by Crippen LogP contribution is 2.23. The van der Waals surface area contributed by atoms with Crippen LogP contribution >= 0.6 is 11.3 Å². The van der Waals surface area contributed by atoms with Gasteiger partial charge in [0.2, 0.25) is 5.91 Å². The lowest BCUT2D eigenvalue weighted by atomic mass is 10.4. The van der Waals surface area contributed by atoms with Crippen LogP contribution in [0.5, 0.6) is 0 Å². The molecule has 0 saturated carbocycles. The van der Waals surface area contributed by atoms with E-state index in [1.54, 1.807) is 23.8 Å². The van der Waals surface area contributed by atoms with Crippen molar-refractivity contribution in [3.63, 3.8) is 0 Å². The molecule has 0 aliphatic heterocycles. The first kappa shape index (κ1) is 14.3. The zero-order chi connectivity index (χ0) is 14.4. The SMILES string of the molecule is CCCNC(=O)CNC(=O)c1csc(-c2ccco2)n1. The molecule has 2 rings (SSSR count). The summed E-state index contributed by atoms with van der Waals surface area (Å²) in [6, 6.07) is 3.53. The number of nitrogens with zero attached hydrogens (tertiary/aromatic N) is 1. The molecule has 7 heteroatoms. The van der Waals surface area contributed by atoms with Gasteiger partial charge in [0, 0.05) is 11.9 Å². The Kier molecular flexibility index (Phi) is 4.89. The smallest absolute Gasteiger partial charge is 0.271 e. The van der Waals surface area contributed by atoms with Crippen molar-refractivity contribution in [2.24, 2.45) is 0 Å². The Hall–Kier alpha value is -2.15. The van der Waals surface area contributed by atoms with Crippen molar-refractivity contribution in [2.45, 2.75) is 13.3 Å². The van der Waals surface area contributed by atoms with Crippen LogP contribution in [0.3, 0.4) is 0 Å². The van der Waals surface area contributed by atoms with Crippen molar-refractivity contribution < 1.29 is 14.0 Å². The number of carbonyl (C=O) groups excluding carboxylic acids is 2. The summed E-state index contributed by atoms with van der Waals surface area (Å²) in [6.45, 7) is 2.52. The van der Waals surface area contributed by atoms with E-state index in [9.17, 15) is 9.59 Å². The molecule has 0 radical (unpaired) electrons. The molecule has 2 amide bonds. The second kappa shape index (κ2) is 6.85. The molecule has 0 bridgehead atoms. The average Bonchev–Trinajstić information content (AvgIpc) is 3.11. The van der Waals surface area contributed by atoms with Gasteiger partial charge in [-0.05, 0) is 18.6 Å². The molecule has 2 aromatic heterocycles. The third-order valence-corrected chi connectivity index (χ3v) is 3.31. The monoisotopic (exact) mass is 293 g/mol. The Balaban J connectivity index is 1.88. The van der Waals surface area contributed by atoms with Crippen LogP contribution in [0.25, 0.3) is 10.8 Å². The number of amides is 2. The quantitative estimate of drug-likeness (QED) is 0.848. The molecule has 0 aromatic carbocycles. The Labute approximate surface area is 120 Å². The van der Waals surface area contributed by atoms with E-state index in [0.717, 1.165) is 6.42 Å². The van der Waals surface area contributed by atoms with Crippen LogP contribution in [0.15, 0.2) is 28.2 Å². The van der Waals surface area contributed by atoms with Crippen molar-refractivity contribution in [3.8, 4) is 10.8 Å². The van der Waals surface area contributed by atoms with E-state index < -0.39 is 0 Å². The topological polar surface area (TPSA) is 84.2 Å². The first-order chi connectivity index (χ1) is 9.70. The number of rotatable bonds is 6. The van der Waals surface area contributed by atoms with Gasteiger partial charge in [0.05, 0.1) is 12.8 Å². The van der Waals surface area contributed by atoms with Gasteiger partial charge in [0.25, 0.3) is 5.91 Å². The summed E-state index contributed by atoms with van der Waals surface area (Å²) >= 11 is 1.32. The molecular weight excluding hydrogens is 278 g/mol. The summed E-state index contributed by atoms with van der Waals surface area (Å²) in [5.74, 6) is 0.0436. The molecule has 2 aromatic rings. The minimum atomic E-state index is -0.370. The molecular formula is C13H15N3O3S. The maximum atomic E-state index is 11.8. The number of nitrogens with one attached hydrogen (secondary N) is 2. The highest BCUT2D eigenvalue weighted by Gasteiger charge is 2.13. The first-order valence-electron chi connectivity index (χ1n) is 6.25. The largest absolute Gasteiger partial charge is 0.462 e. The third-order valence-electron chi connectivity index (χ3n) is 2.45. The van der Waals surface area contributed by atoms with Crippen LogP contribution < -0.4 is 10.6 Å². The summed E-state index contributed by atoms with van der Waals surface area (Å²) in [5, 5.41) is 7.48. The van der Waals surface area contributed by atoms with Gasteiger partial charge in [-0.25, -0.2) is 4.98 Å². The first-order valence-corrected chi connectivity index (χ1v) is 7.13. The minimum absolute atomic E-state index is 0.0492. The van der Waals surface area contributed by atoms with Gasteiger partial charge in [-0.3, -0.25) is 9.59 Å². The van der Waals surface area contributed by atoms with Gasteiger partial charge >= 0.3 is 0 Å². The maximum absolute atomic E-state index is 11.8. The molecule has 2 N–H and O–H groups in total. The number of thiazole rings is 1. The van der Waals surface area contributed by atoms with Gasteiger partial charge in [0.15, 0.2) is 10.8 Å². The zero-order valence-corrected chi connectivity index (χ0v) is 11.8. The van der Waals surface area contributed by atoms with Crippen molar-refractivity contribution in [3.05, 3.63) is 29.5 Å². The normalized spacial score (nSPS) is 10.2. The van der Waals surface area contributed by atoms with Crippen LogP contribution in [-0.4, -0.2) is 29.9 Å². The van der Waals surface area contributed by atoms with Crippen molar-refractivity contribution in [1.82, 2.24) is 15.6 Å². The van der Waals surface area contributed by atoms with Crippen LogP contribution in [-0.2, 0) is 4.79 Å². The molecule has 6 nitrogen and oxygen atoms in total. The summed E-state index contributed by atoms with van der Waals surface area (Å²) in [6.07, 6.45) is 2.41. The van der Waals surface area contributed by atoms with E-state index in [1.165, 1.54) is 11.3 Å². The van der Waals surface area contributed by atoms with E-state index >= 15 is 0 Å². The lowest BCUT2D eigenvalue weighted by Crippen LogP contribution is -2.37. The Morgan fingerprint density at radius 3 is 2.95 bits per heavy atom. The van der Waals surface area contributed by atoms with Gasteiger partial charge in [-0.2, -0.15) is 0 Å². The molecule has 0 aliphatic rings. The predicted molar refractivity (Wildman–Crippen MR) is 75.4 cm³/mol. The van der Waals surface area contributed by atoms with Crippen LogP contribution in [0.2, 0.25) is 0 Å². The second-order valence-electron chi connectivity index (χ2n) is 4.05. The number of furan rings is 1. The van der Waals surface area contributed by atoms with E-state index in [-0.39, 0.29) is 24.1 Å². The fourth-order valence-corrected chi connectivity index (χ4v) is 2.24. The molecule has 0 atom stereocenters. The van der Waals surface area contributed by atoms with Gasteiger partial charge in [-0.15, -0.1) is 11.3 Å². The van der Waals surface area contributed by atoms with Gasteiger partial charge < -0.3 is 15.1 Å². The lowest BCUT2D eigenvalue weighted by molar-refractivity contribution is -0.120. The molecule has 106 valence electrons. The molecule has 0 unspecified atom stereocenters. The molecule has 2 heterocycles. The fraction of sp³-hybridized carbons (Fsp3) is 0.308. The van der Waals surface area contributed by atoms with Crippen LogP contribution in [0.1, 0.15) is 23.8 Å². The maximum Gasteiger partial charge on any atom is 0.271 e. The van der Waals surface area contributed by atoms with Crippen molar-refractivity contribution in [2.75, 3.05) is 13.1 Å². The lowest BCUT2D eigenvalue weighted by Gasteiger charge is -2.04. The minimum Gasteiger partial charge on any atom is -0.462 e. The molecule has 0 fully saturated rings. The average molecular weight is 293 g/mol. The Bertz CT molecular complexity index is 577. The number of hydrogen-bond acceptors (Lipinski definition) is 5. The van der Waals surface area contributed by atoms with E-state index in [0.29, 0.717) is 17.3 Å². The Morgan fingerprint density at radius 2 is 2.25 bits per heavy atom. The number of carbonyl (C=O) groups is 2. The standard InChI is InChI=1S/C13H15N3O3S/c1-2-5-14-11(17)7-15-12(18)9-8-20-13(16-9)10-4-3-6-19-10/h3-4,6,8H,2,5,7H2,1H3,(H,14,17)(H,15,18). The summed E-state index contributed by atoms with van der Waals surface area (Å²) < 4.78 is 5.21. The number of hydrogen-bond donors (Lipinski definition) is 2. The predicted octanol–water partition coefficient (Wildman–Crippen LogP) is 1.66. The molecule has 0 spiro atoms. The van der Waals surface area contributed by atoms with Gasteiger partial charge in [-0.1, -0.05) is 6.92 Å². The fourth-order valence-electron chi connectivity index (χ4n) is 1.47. The van der Waals surface area contributed by atoms with E-state index in [2.05, 4.69) is 15.6 Å². The number of aromatic nitrogens is 1. The van der Waals surface area contributed by atoms with Crippen molar-refractivity contribution >= 4 is 23.2 Å². The van der Waals surface area contributed by atoms with Crippen molar-refractivity contribution in [1.29, 1.82) is 0 Å². The Morgan fingerprint density at radius 1 is 1.40 bits per heavy atom.